The van der Waals surface area contributed by atoms with Gasteiger partial charge >= 0.3 is 0 Å². The van der Waals surface area contributed by atoms with Crippen LogP contribution in [0.1, 0.15) is 43.4 Å². The zero-order chi connectivity index (χ0) is 26.8. The van der Waals surface area contributed by atoms with Gasteiger partial charge in [-0.2, -0.15) is 0 Å². The van der Waals surface area contributed by atoms with E-state index in [4.69, 9.17) is 35.3 Å². The van der Waals surface area contributed by atoms with Crippen molar-refractivity contribution in [3.63, 3.8) is 0 Å². The molecule has 3 fully saturated rings. The van der Waals surface area contributed by atoms with E-state index in [0.29, 0.717) is 57.4 Å². The van der Waals surface area contributed by atoms with Crippen molar-refractivity contribution in [3.8, 4) is 0 Å². The lowest BCUT2D eigenvalue weighted by atomic mass is 9.78. The van der Waals surface area contributed by atoms with Gasteiger partial charge in [0.05, 0.1) is 38.6 Å². The van der Waals surface area contributed by atoms with Crippen molar-refractivity contribution in [2.75, 3.05) is 26.3 Å². The Kier molecular flexibility index (Phi) is 8.40. The number of carbonyl (C=O) groups excluding carboxylic acids is 1. The normalized spacial score (nSPS) is 29.1. The van der Waals surface area contributed by atoms with Gasteiger partial charge in [-0.1, -0.05) is 48.0 Å². The molecule has 2 saturated heterocycles. The van der Waals surface area contributed by atoms with Crippen LogP contribution >= 0.6 is 11.6 Å². The molecule has 9 heteroatoms. The third kappa shape index (κ3) is 6.39. The van der Waals surface area contributed by atoms with E-state index in [1.807, 2.05) is 74.3 Å². The van der Waals surface area contributed by atoms with Gasteiger partial charge in [-0.25, -0.2) is 5.01 Å². The molecule has 0 bridgehead atoms. The van der Waals surface area contributed by atoms with Crippen LogP contribution in [0.4, 0.5) is 0 Å². The van der Waals surface area contributed by atoms with Crippen molar-refractivity contribution in [2.45, 2.75) is 76.5 Å². The average Bonchev–Trinajstić information content (AvgIpc) is 3.21. The predicted octanol–water partition coefficient (Wildman–Crippen LogP) is 4.17. The number of benzene rings is 2. The van der Waals surface area contributed by atoms with Crippen LogP contribution < -0.4 is 5.43 Å². The number of carbonyl (C=O) groups is 1. The largest absolute Gasteiger partial charge is 0.379 e. The lowest BCUT2D eigenvalue weighted by Crippen LogP contribution is -2.63. The maximum Gasteiger partial charge on any atom is 0.266 e. The molecule has 5 rings (SSSR count). The lowest BCUT2D eigenvalue weighted by molar-refractivity contribution is -0.187. The van der Waals surface area contributed by atoms with Gasteiger partial charge in [-0.15, -0.1) is 0 Å². The van der Waals surface area contributed by atoms with Gasteiger partial charge in [-0.3, -0.25) is 10.2 Å². The standard InChI is InChI=1S/C29H37ClN2O6/c1-20-7-4-5-9-22(20)19-36-29(27(33)31-32-11-13-34-14-12-32)16-24(26-25(17-29)37-28(2,3)38-26)35-18-21-8-6-10-23(30)15-21/h4-10,15,24-26H,11-14,16-19H2,1-3H3,(H,31,33)/t24?,25-,26+,29-/m1/s1. The summed E-state index contributed by atoms with van der Waals surface area (Å²) in [7, 11) is 0. The SMILES string of the molecule is Cc1ccccc1CO[C@]1(C(=O)NN2CCOCC2)CC(OCc2cccc(Cl)c2)[C@@H]2OC(C)(C)O[C@@H]2C1. The van der Waals surface area contributed by atoms with E-state index in [1.165, 1.54) is 0 Å². The molecule has 8 nitrogen and oxygen atoms in total. The van der Waals surface area contributed by atoms with Gasteiger partial charge in [-0.05, 0) is 49.6 Å². The maximum absolute atomic E-state index is 14.0. The zero-order valence-corrected chi connectivity index (χ0v) is 23.0. The van der Waals surface area contributed by atoms with Crippen LogP contribution in [-0.4, -0.2) is 66.9 Å². The minimum atomic E-state index is -1.18. The molecule has 0 spiro atoms. The van der Waals surface area contributed by atoms with Crippen LogP contribution in [0.3, 0.4) is 0 Å². The summed E-state index contributed by atoms with van der Waals surface area (Å²) in [4.78, 5) is 14.0. The molecule has 1 aliphatic carbocycles. The predicted molar refractivity (Wildman–Crippen MR) is 142 cm³/mol. The average molecular weight is 545 g/mol. The number of hydrazine groups is 1. The van der Waals surface area contributed by atoms with Crippen LogP contribution in [0.5, 0.6) is 0 Å². The lowest BCUT2D eigenvalue weighted by Gasteiger charge is -2.44. The smallest absolute Gasteiger partial charge is 0.266 e. The second-order valence-electron chi connectivity index (χ2n) is 10.8. The van der Waals surface area contributed by atoms with Gasteiger partial charge < -0.3 is 23.7 Å². The summed E-state index contributed by atoms with van der Waals surface area (Å²) in [5.74, 6) is -0.990. The molecular weight excluding hydrogens is 508 g/mol. The molecule has 3 aliphatic rings. The Morgan fingerprint density at radius 3 is 2.63 bits per heavy atom. The van der Waals surface area contributed by atoms with Gasteiger partial charge in [0.15, 0.2) is 11.4 Å². The maximum atomic E-state index is 14.0. The molecule has 0 radical (unpaired) electrons. The van der Waals surface area contributed by atoms with Crippen molar-refractivity contribution >= 4 is 17.5 Å². The highest BCUT2D eigenvalue weighted by atomic mass is 35.5. The molecule has 2 heterocycles. The Labute approximate surface area is 229 Å². The van der Waals surface area contributed by atoms with E-state index in [0.717, 1.165) is 16.7 Å². The van der Waals surface area contributed by atoms with E-state index in [9.17, 15) is 4.79 Å². The Balaban J connectivity index is 1.42. The summed E-state index contributed by atoms with van der Waals surface area (Å²) in [6, 6.07) is 15.6. The number of hydrogen-bond acceptors (Lipinski definition) is 7. The summed E-state index contributed by atoms with van der Waals surface area (Å²) in [6.07, 6.45) is -0.427. The first-order valence-corrected chi connectivity index (χ1v) is 13.6. The second-order valence-corrected chi connectivity index (χ2v) is 11.2. The minimum absolute atomic E-state index is 0.198. The number of nitrogens with one attached hydrogen (secondary N) is 1. The molecule has 206 valence electrons. The highest BCUT2D eigenvalue weighted by molar-refractivity contribution is 6.30. The monoisotopic (exact) mass is 544 g/mol. The Morgan fingerprint density at radius 1 is 1.08 bits per heavy atom. The van der Waals surface area contributed by atoms with Crippen molar-refractivity contribution in [2.24, 2.45) is 0 Å². The fraction of sp³-hybridized carbons (Fsp3) is 0.552. The number of ether oxygens (including phenoxy) is 5. The third-order valence-corrected chi connectivity index (χ3v) is 7.69. The van der Waals surface area contributed by atoms with Crippen LogP contribution in [0.25, 0.3) is 0 Å². The van der Waals surface area contributed by atoms with Crippen LogP contribution in [-0.2, 0) is 41.7 Å². The fourth-order valence-electron chi connectivity index (χ4n) is 5.45. The molecule has 4 atom stereocenters. The highest BCUT2D eigenvalue weighted by Gasteiger charge is 2.58. The molecule has 1 unspecified atom stereocenters. The number of aryl methyl sites for hydroxylation is 1. The van der Waals surface area contributed by atoms with E-state index in [2.05, 4.69) is 5.43 Å². The highest BCUT2D eigenvalue weighted by Crippen LogP contribution is 2.44. The van der Waals surface area contributed by atoms with Crippen molar-refractivity contribution in [1.82, 2.24) is 10.4 Å². The summed E-state index contributed by atoms with van der Waals surface area (Å²) in [5.41, 5.74) is 5.02. The number of nitrogens with zero attached hydrogens (tertiary/aromatic N) is 1. The van der Waals surface area contributed by atoms with Crippen molar-refractivity contribution in [1.29, 1.82) is 0 Å². The molecule has 1 saturated carbocycles. The summed E-state index contributed by atoms with van der Waals surface area (Å²) < 4.78 is 31.1. The topological polar surface area (TPSA) is 78.5 Å². The number of amides is 1. The molecular formula is C29H37ClN2O6. The number of hydrogen-bond donors (Lipinski definition) is 1. The third-order valence-electron chi connectivity index (χ3n) is 7.45. The molecule has 2 aliphatic heterocycles. The summed E-state index contributed by atoms with van der Waals surface area (Å²) >= 11 is 6.20. The van der Waals surface area contributed by atoms with Gasteiger partial charge in [0.2, 0.25) is 0 Å². The Bertz CT molecular complexity index is 1120. The van der Waals surface area contributed by atoms with Crippen LogP contribution in [0.15, 0.2) is 48.5 Å². The number of rotatable bonds is 8. The van der Waals surface area contributed by atoms with E-state index >= 15 is 0 Å². The first kappa shape index (κ1) is 27.5. The Morgan fingerprint density at radius 2 is 1.87 bits per heavy atom. The van der Waals surface area contributed by atoms with Crippen LogP contribution in [0, 0.1) is 6.92 Å². The first-order chi connectivity index (χ1) is 18.2. The molecule has 38 heavy (non-hydrogen) atoms. The molecule has 2 aromatic rings. The summed E-state index contributed by atoms with van der Waals surface area (Å²) in [5, 5.41) is 2.55. The van der Waals surface area contributed by atoms with Gasteiger partial charge in [0.1, 0.15) is 6.10 Å². The molecule has 0 aromatic heterocycles. The summed E-state index contributed by atoms with van der Waals surface area (Å²) in [6.45, 7) is 8.83. The quantitative estimate of drug-likeness (QED) is 0.534. The molecule has 1 amide bonds. The molecule has 1 N–H and O–H groups in total. The number of morpholine rings is 1. The van der Waals surface area contributed by atoms with E-state index in [-0.39, 0.29) is 18.1 Å². The van der Waals surface area contributed by atoms with Crippen molar-refractivity contribution < 1.29 is 28.5 Å². The second kappa shape index (κ2) is 11.6. The van der Waals surface area contributed by atoms with Crippen molar-refractivity contribution in [3.05, 3.63) is 70.2 Å². The number of fused-ring (bicyclic) bond motifs is 1. The van der Waals surface area contributed by atoms with Gasteiger partial charge in [0, 0.05) is 31.0 Å². The van der Waals surface area contributed by atoms with Gasteiger partial charge in [0.25, 0.3) is 5.91 Å². The number of halogens is 1. The Hall–Kier alpha value is -2.04. The van der Waals surface area contributed by atoms with E-state index in [1.54, 1.807) is 0 Å². The first-order valence-electron chi connectivity index (χ1n) is 13.3. The zero-order valence-electron chi connectivity index (χ0n) is 22.3. The fourth-order valence-corrected chi connectivity index (χ4v) is 5.66. The molecule has 2 aromatic carbocycles. The van der Waals surface area contributed by atoms with Crippen LogP contribution in [0.2, 0.25) is 5.02 Å². The van der Waals surface area contributed by atoms with E-state index < -0.39 is 17.5 Å². The minimum Gasteiger partial charge on any atom is -0.379 e.